The van der Waals surface area contributed by atoms with Crippen LogP contribution >= 0.6 is 0 Å². The first-order chi connectivity index (χ1) is 60.8. The highest BCUT2D eigenvalue weighted by Crippen LogP contribution is 2.53. The number of carbonyl (C=O) groups excluding carboxylic acids is 1. The number of nitrogens with zero attached hydrogens (tertiary/aromatic N) is 6. The molecule has 21 rings (SSSR count). The quantitative estimate of drug-likeness (QED) is 0.0845. The van der Waals surface area contributed by atoms with E-state index in [-0.39, 0.29) is 5.78 Å². The molecule has 7 heteroatoms. The van der Waals surface area contributed by atoms with E-state index in [0.717, 1.165) is 167 Å². The van der Waals surface area contributed by atoms with Gasteiger partial charge < -0.3 is 0 Å². The van der Waals surface area contributed by atoms with Gasteiger partial charge in [0.25, 0.3) is 0 Å². The summed E-state index contributed by atoms with van der Waals surface area (Å²) in [7, 11) is 0. The normalized spacial score (nSPS) is 12.0. The Kier molecular flexibility index (Phi) is 19.6. The van der Waals surface area contributed by atoms with Crippen LogP contribution in [-0.2, 0) is 5.41 Å². The van der Waals surface area contributed by atoms with Crippen LogP contribution in [0, 0.1) is 0 Å². The van der Waals surface area contributed by atoms with Crippen molar-refractivity contribution >= 4 is 5.78 Å². The van der Waals surface area contributed by atoms with Gasteiger partial charge in [-0.15, -0.1) is 0 Å². The van der Waals surface area contributed by atoms with Crippen LogP contribution < -0.4 is 0 Å². The number of ketones is 1. The fourth-order valence-electron chi connectivity index (χ4n) is 17.6. The van der Waals surface area contributed by atoms with Crippen LogP contribution in [0.1, 0.15) is 38.2 Å². The summed E-state index contributed by atoms with van der Waals surface area (Å²) in [6.07, 6.45) is 0. The van der Waals surface area contributed by atoms with Crippen molar-refractivity contribution in [2.75, 3.05) is 0 Å². The lowest BCUT2D eigenvalue weighted by Gasteiger charge is -2.42. The summed E-state index contributed by atoms with van der Waals surface area (Å²) in [6, 6.07) is 162. The Morgan fingerprint density at radius 2 is 0.309 bits per heavy atom. The number of hydrogen-bond donors (Lipinski definition) is 0. The van der Waals surface area contributed by atoms with Crippen molar-refractivity contribution in [1.29, 1.82) is 0 Å². The minimum atomic E-state index is -1.03. The van der Waals surface area contributed by atoms with Crippen molar-refractivity contribution in [3.05, 3.63) is 494 Å². The molecule has 0 amide bonds. The molecule has 2 heterocycles. The SMILES string of the molecule is O=C1c2ccccc2C(c2cccc(-c3cccc(-c4nc(-c5cc(-c6ccccc6)cc(-c6ccccc6)c5)nc(-c5cc(-c6ccccc6)cc(-c6ccccc6)c5)n4)c3)c2)(c2cccc(-c3cccc(-c4nc(-c5cc(-c6ccccc6)cc(-c6ccccc6)c5)nc(-c5cc(-c6ccccc6)cc(-c6ccccc6)c5)n4)c3)c2)c2ccccc21. The molecule has 0 unspecified atom stereocenters. The van der Waals surface area contributed by atoms with E-state index < -0.39 is 5.41 Å². The molecule has 2 aromatic heterocycles. The minimum absolute atomic E-state index is 0.0194. The molecule has 0 saturated heterocycles. The van der Waals surface area contributed by atoms with Gasteiger partial charge in [0.05, 0.1) is 5.41 Å². The summed E-state index contributed by atoms with van der Waals surface area (Å²) in [4.78, 5) is 48.4. The highest BCUT2D eigenvalue weighted by molar-refractivity contribution is 6.14. The average molecular weight is 1570 g/mol. The molecule has 0 saturated carbocycles. The maximum Gasteiger partial charge on any atom is 0.193 e. The van der Waals surface area contributed by atoms with Gasteiger partial charge in [0, 0.05) is 44.5 Å². The Morgan fingerprint density at radius 3 is 0.553 bits per heavy atom. The summed E-state index contributed by atoms with van der Waals surface area (Å²) < 4.78 is 0. The molecule has 0 bridgehead atoms. The van der Waals surface area contributed by atoms with Gasteiger partial charge in [-0.25, -0.2) is 29.9 Å². The predicted octanol–water partition coefficient (Wildman–Crippen LogP) is 28.7. The molecule has 0 fully saturated rings. The van der Waals surface area contributed by atoms with Crippen LogP contribution in [0.3, 0.4) is 0 Å². The second-order valence-electron chi connectivity index (χ2n) is 31.2. The molecular weight excluding hydrogens is 1490 g/mol. The molecule has 0 radical (unpaired) electrons. The lowest BCUT2D eigenvalue weighted by atomic mass is 9.59. The molecule has 0 N–H and O–H groups in total. The molecule has 0 aliphatic heterocycles. The Hall–Kier alpha value is -16.4. The average Bonchev–Trinajstić information content (AvgIpc) is 0.697. The van der Waals surface area contributed by atoms with Gasteiger partial charge in [0.1, 0.15) is 0 Å². The van der Waals surface area contributed by atoms with Crippen LogP contribution in [0.2, 0.25) is 0 Å². The molecule has 18 aromatic carbocycles. The highest BCUT2D eigenvalue weighted by Gasteiger charge is 2.46. The van der Waals surface area contributed by atoms with E-state index >= 15 is 4.79 Å². The number of benzene rings is 18. The fourth-order valence-corrected chi connectivity index (χ4v) is 17.6. The number of aromatic nitrogens is 6. The van der Waals surface area contributed by atoms with Crippen molar-refractivity contribution in [1.82, 2.24) is 29.9 Å². The van der Waals surface area contributed by atoms with Gasteiger partial charge in [0.2, 0.25) is 0 Å². The van der Waals surface area contributed by atoms with E-state index in [1.807, 2.05) is 72.8 Å². The molecule has 20 aromatic rings. The van der Waals surface area contributed by atoms with Crippen LogP contribution in [0.5, 0.6) is 0 Å². The van der Waals surface area contributed by atoms with Crippen molar-refractivity contribution in [3.63, 3.8) is 0 Å². The predicted molar refractivity (Wildman–Crippen MR) is 502 cm³/mol. The van der Waals surface area contributed by atoms with Gasteiger partial charge in [-0.3, -0.25) is 4.79 Å². The summed E-state index contributed by atoms with van der Waals surface area (Å²) in [5, 5.41) is 0. The molecule has 0 spiro atoms. The maximum absolute atomic E-state index is 15.3. The Morgan fingerprint density at radius 1 is 0.138 bits per heavy atom. The van der Waals surface area contributed by atoms with E-state index in [9.17, 15) is 0 Å². The largest absolute Gasteiger partial charge is 0.289 e. The molecule has 1 aliphatic rings. The number of rotatable bonds is 18. The third-order valence-corrected chi connectivity index (χ3v) is 23.5. The molecule has 0 atom stereocenters. The molecule has 1 aliphatic carbocycles. The minimum Gasteiger partial charge on any atom is -0.289 e. The van der Waals surface area contributed by atoms with Crippen LogP contribution in [-0.4, -0.2) is 35.7 Å². The zero-order valence-corrected chi connectivity index (χ0v) is 67.0. The number of fused-ring (bicyclic) bond motifs is 2. The lowest BCUT2D eigenvalue weighted by molar-refractivity contribution is 0.103. The molecular formula is C116H76N6O. The first-order valence-electron chi connectivity index (χ1n) is 41.5. The second-order valence-corrected chi connectivity index (χ2v) is 31.2. The number of hydrogen-bond acceptors (Lipinski definition) is 7. The summed E-state index contributed by atoms with van der Waals surface area (Å²) >= 11 is 0. The van der Waals surface area contributed by atoms with Crippen molar-refractivity contribution in [2.45, 2.75) is 5.41 Å². The first kappa shape index (κ1) is 74.2. The smallest absolute Gasteiger partial charge is 0.193 e. The number of carbonyl (C=O) groups is 1. The van der Waals surface area contributed by atoms with Gasteiger partial charge in [0.15, 0.2) is 40.7 Å². The molecule has 7 nitrogen and oxygen atoms in total. The van der Waals surface area contributed by atoms with Gasteiger partial charge in [-0.2, -0.15) is 0 Å². The van der Waals surface area contributed by atoms with Crippen molar-refractivity contribution in [3.8, 4) is 180 Å². The second kappa shape index (κ2) is 32.5. The zero-order valence-electron chi connectivity index (χ0n) is 67.0. The van der Waals surface area contributed by atoms with Crippen molar-refractivity contribution in [2.24, 2.45) is 0 Å². The Balaban J connectivity index is 0.714. The standard InChI is InChI=1S/C116H76N6O/c123-109-105-57-25-27-59-107(105)116(108-60-28-26-58-106(108)109,103-55-31-51-87(75-103)85-49-29-53-89(61-85)110-117-112(99-67-91(77-33-9-1-10-34-77)63-92(68-99)78-35-11-2-12-36-78)121-113(118-110)100-69-93(79-37-13-3-14-38-79)64-94(70-100)80-39-15-4-16-40-80)104-56-32-52-88(76-104)86-50-30-54-90(62-86)111-119-114(101-71-95(81-41-17-5-18-42-81)65-96(72-101)82-43-19-6-20-44-82)122-115(120-111)102-73-97(83-45-21-7-22-46-83)66-98(74-102)84-47-23-8-24-48-84/h1-76H. The van der Waals surface area contributed by atoms with Gasteiger partial charge >= 0.3 is 0 Å². The van der Waals surface area contributed by atoms with Crippen LogP contribution in [0.25, 0.3) is 180 Å². The van der Waals surface area contributed by atoms with E-state index in [1.165, 1.54) is 0 Å². The molecule has 123 heavy (non-hydrogen) atoms. The van der Waals surface area contributed by atoms with Gasteiger partial charge in [-0.1, -0.05) is 364 Å². The monoisotopic (exact) mass is 1570 g/mol. The van der Waals surface area contributed by atoms with E-state index in [4.69, 9.17) is 29.9 Å². The summed E-state index contributed by atoms with van der Waals surface area (Å²) in [5.74, 6) is 3.17. The third-order valence-electron chi connectivity index (χ3n) is 23.5. The third kappa shape index (κ3) is 14.7. The van der Waals surface area contributed by atoms with E-state index in [2.05, 4.69) is 388 Å². The topological polar surface area (TPSA) is 94.4 Å². The fraction of sp³-hybridized carbons (Fsp3) is 0.00862. The Bertz CT molecular complexity index is 6390. The maximum atomic E-state index is 15.3. The van der Waals surface area contributed by atoms with Crippen molar-refractivity contribution < 1.29 is 4.79 Å². The first-order valence-corrected chi connectivity index (χ1v) is 41.5. The van der Waals surface area contributed by atoms with Crippen LogP contribution in [0.15, 0.2) is 461 Å². The Labute approximate surface area is 715 Å². The highest BCUT2D eigenvalue weighted by atomic mass is 16.1. The van der Waals surface area contributed by atoms with E-state index in [0.29, 0.717) is 46.1 Å². The summed E-state index contributed by atoms with van der Waals surface area (Å²) in [6.45, 7) is 0. The molecule has 576 valence electrons. The zero-order chi connectivity index (χ0) is 82.0. The van der Waals surface area contributed by atoms with E-state index in [1.54, 1.807) is 0 Å². The van der Waals surface area contributed by atoms with Gasteiger partial charge in [-0.05, 0) is 231 Å². The lowest BCUT2D eigenvalue weighted by Crippen LogP contribution is -2.38. The summed E-state index contributed by atoms with van der Waals surface area (Å²) in [5.41, 5.74) is 29.8. The van der Waals surface area contributed by atoms with Crippen LogP contribution in [0.4, 0.5) is 0 Å².